The molecule has 0 radical (unpaired) electrons. The first-order valence-electron chi connectivity index (χ1n) is 6.20. The van der Waals surface area contributed by atoms with Gasteiger partial charge in [-0.25, -0.2) is 0 Å². The van der Waals surface area contributed by atoms with Crippen LogP contribution >= 0.6 is 15.9 Å². The van der Waals surface area contributed by atoms with Crippen molar-refractivity contribution in [1.82, 2.24) is 10.3 Å². The lowest BCUT2D eigenvalue weighted by Crippen LogP contribution is -2.21. The molecule has 0 saturated heterocycles. The second-order valence-electron chi connectivity index (χ2n) is 4.50. The maximum Gasteiger partial charge on any atom is 0.0915 e. The van der Waals surface area contributed by atoms with Gasteiger partial charge >= 0.3 is 0 Å². The van der Waals surface area contributed by atoms with Gasteiger partial charge in [0.25, 0.3) is 0 Å². The molecule has 2 rings (SSSR count). The van der Waals surface area contributed by atoms with Gasteiger partial charge in [-0.3, -0.25) is 4.98 Å². The van der Waals surface area contributed by atoms with Crippen molar-refractivity contribution in [2.24, 2.45) is 0 Å². The van der Waals surface area contributed by atoms with E-state index in [0.29, 0.717) is 6.54 Å². The van der Waals surface area contributed by atoms with Crippen LogP contribution in [0, 0.1) is 6.92 Å². The van der Waals surface area contributed by atoms with Crippen molar-refractivity contribution >= 4 is 15.9 Å². The van der Waals surface area contributed by atoms with Crippen LogP contribution in [0.4, 0.5) is 0 Å². The third-order valence-electron chi connectivity index (χ3n) is 3.05. The van der Waals surface area contributed by atoms with Gasteiger partial charge in [0, 0.05) is 30.0 Å². The van der Waals surface area contributed by atoms with Crippen LogP contribution in [0.2, 0.25) is 0 Å². The molecule has 0 spiro atoms. The molecule has 0 aliphatic rings. The topological polar surface area (TPSA) is 45.1 Å². The first-order valence-corrected chi connectivity index (χ1v) is 7.00. The number of nitrogens with zero attached hydrogens (tertiary/aromatic N) is 1. The van der Waals surface area contributed by atoms with Gasteiger partial charge in [-0.15, -0.1) is 0 Å². The van der Waals surface area contributed by atoms with E-state index in [0.717, 1.165) is 16.6 Å². The average molecular weight is 321 g/mol. The van der Waals surface area contributed by atoms with E-state index in [9.17, 15) is 5.11 Å². The Labute approximate surface area is 121 Å². The number of halogens is 1. The quantitative estimate of drug-likeness (QED) is 0.890. The standard InChI is InChI=1S/C15H17BrN2O/c1-11-8-14(16)3-2-13(11)9-18-10-15(19)12-4-6-17-7-5-12/h2-8,15,18-19H,9-10H2,1H3. The van der Waals surface area contributed by atoms with Gasteiger partial charge in [0.05, 0.1) is 6.10 Å². The Bertz CT molecular complexity index is 531. The van der Waals surface area contributed by atoms with Crippen LogP contribution in [-0.2, 0) is 6.54 Å². The molecule has 2 aromatic rings. The van der Waals surface area contributed by atoms with E-state index in [1.165, 1.54) is 11.1 Å². The van der Waals surface area contributed by atoms with Gasteiger partial charge < -0.3 is 10.4 Å². The minimum absolute atomic E-state index is 0.501. The summed E-state index contributed by atoms with van der Waals surface area (Å²) in [5.74, 6) is 0. The lowest BCUT2D eigenvalue weighted by atomic mass is 10.1. The summed E-state index contributed by atoms with van der Waals surface area (Å²) in [5.41, 5.74) is 3.36. The first kappa shape index (κ1) is 14.2. The first-order chi connectivity index (χ1) is 9.16. The Kier molecular flexibility index (Phi) is 5.07. The molecule has 0 saturated carbocycles. The molecule has 1 aromatic carbocycles. The second kappa shape index (κ2) is 6.80. The third-order valence-corrected chi connectivity index (χ3v) is 3.54. The predicted molar refractivity (Wildman–Crippen MR) is 79.8 cm³/mol. The summed E-state index contributed by atoms with van der Waals surface area (Å²) < 4.78 is 1.09. The molecule has 0 amide bonds. The normalized spacial score (nSPS) is 12.4. The summed E-state index contributed by atoms with van der Waals surface area (Å²) in [7, 11) is 0. The Morgan fingerprint density at radius 2 is 2.00 bits per heavy atom. The maximum atomic E-state index is 10.0. The number of rotatable bonds is 5. The van der Waals surface area contributed by atoms with E-state index in [-0.39, 0.29) is 0 Å². The SMILES string of the molecule is Cc1cc(Br)ccc1CNCC(O)c1ccncc1. The molecule has 1 aromatic heterocycles. The monoisotopic (exact) mass is 320 g/mol. The van der Waals surface area contributed by atoms with Crippen molar-refractivity contribution < 1.29 is 5.11 Å². The minimum atomic E-state index is -0.501. The molecule has 0 bridgehead atoms. The van der Waals surface area contributed by atoms with Gasteiger partial charge in [0.1, 0.15) is 0 Å². The van der Waals surface area contributed by atoms with E-state index in [4.69, 9.17) is 0 Å². The van der Waals surface area contributed by atoms with Gasteiger partial charge in [-0.05, 0) is 47.9 Å². The number of aliphatic hydroxyl groups excluding tert-OH is 1. The van der Waals surface area contributed by atoms with Crippen LogP contribution in [0.3, 0.4) is 0 Å². The fourth-order valence-corrected chi connectivity index (χ4v) is 2.38. The Balaban J connectivity index is 1.86. The molecule has 1 heterocycles. The van der Waals surface area contributed by atoms with Crippen LogP contribution in [0.5, 0.6) is 0 Å². The summed E-state index contributed by atoms with van der Waals surface area (Å²) in [4.78, 5) is 3.94. The number of nitrogens with one attached hydrogen (secondary N) is 1. The highest BCUT2D eigenvalue weighted by atomic mass is 79.9. The van der Waals surface area contributed by atoms with Crippen LogP contribution in [0.1, 0.15) is 22.8 Å². The van der Waals surface area contributed by atoms with Gasteiger partial charge in [0.2, 0.25) is 0 Å². The Hall–Kier alpha value is -1.23. The van der Waals surface area contributed by atoms with E-state index >= 15 is 0 Å². The lowest BCUT2D eigenvalue weighted by Gasteiger charge is -2.13. The summed E-state index contributed by atoms with van der Waals surface area (Å²) in [5, 5.41) is 13.3. The highest BCUT2D eigenvalue weighted by Gasteiger charge is 2.06. The number of hydrogen-bond acceptors (Lipinski definition) is 3. The second-order valence-corrected chi connectivity index (χ2v) is 5.41. The molecular formula is C15H17BrN2O. The number of benzene rings is 1. The summed E-state index contributed by atoms with van der Waals surface area (Å²) in [6.07, 6.45) is 2.88. The minimum Gasteiger partial charge on any atom is -0.387 e. The molecule has 1 atom stereocenters. The van der Waals surface area contributed by atoms with Crippen molar-refractivity contribution in [3.8, 4) is 0 Å². The summed E-state index contributed by atoms with van der Waals surface area (Å²) in [6, 6.07) is 9.87. The number of aromatic nitrogens is 1. The molecule has 100 valence electrons. The van der Waals surface area contributed by atoms with Crippen molar-refractivity contribution in [2.75, 3.05) is 6.54 Å². The molecule has 2 N–H and O–H groups in total. The largest absolute Gasteiger partial charge is 0.387 e. The number of aliphatic hydroxyl groups is 1. The molecule has 19 heavy (non-hydrogen) atoms. The average Bonchev–Trinajstić information content (AvgIpc) is 2.42. The maximum absolute atomic E-state index is 10.0. The third kappa shape index (κ3) is 4.13. The van der Waals surface area contributed by atoms with Gasteiger partial charge in [0.15, 0.2) is 0 Å². The van der Waals surface area contributed by atoms with Crippen LogP contribution in [0.25, 0.3) is 0 Å². The zero-order chi connectivity index (χ0) is 13.7. The number of pyridine rings is 1. The highest BCUT2D eigenvalue weighted by molar-refractivity contribution is 9.10. The van der Waals surface area contributed by atoms with Crippen molar-refractivity contribution in [3.05, 3.63) is 63.9 Å². The Morgan fingerprint density at radius 3 is 2.68 bits per heavy atom. The summed E-state index contributed by atoms with van der Waals surface area (Å²) in [6.45, 7) is 3.36. The van der Waals surface area contributed by atoms with E-state index in [1.54, 1.807) is 12.4 Å². The smallest absolute Gasteiger partial charge is 0.0915 e. The molecule has 0 aliphatic heterocycles. The molecule has 1 unspecified atom stereocenters. The highest BCUT2D eigenvalue weighted by Crippen LogP contribution is 2.16. The van der Waals surface area contributed by atoms with Gasteiger partial charge in [-0.1, -0.05) is 22.0 Å². The fourth-order valence-electron chi connectivity index (χ4n) is 1.90. The van der Waals surface area contributed by atoms with Crippen LogP contribution in [-0.4, -0.2) is 16.6 Å². The predicted octanol–water partition coefficient (Wildman–Crippen LogP) is 2.98. The number of aryl methyl sites for hydroxylation is 1. The zero-order valence-corrected chi connectivity index (χ0v) is 12.4. The lowest BCUT2D eigenvalue weighted by molar-refractivity contribution is 0.174. The van der Waals surface area contributed by atoms with Crippen molar-refractivity contribution in [2.45, 2.75) is 19.6 Å². The van der Waals surface area contributed by atoms with Crippen LogP contribution in [0.15, 0.2) is 47.2 Å². The molecule has 0 fully saturated rings. The Morgan fingerprint density at radius 1 is 1.26 bits per heavy atom. The van der Waals surface area contributed by atoms with E-state index < -0.39 is 6.10 Å². The van der Waals surface area contributed by atoms with E-state index in [2.05, 4.69) is 45.3 Å². The molecule has 3 nitrogen and oxygen atoms in total. The van der Waals surface area contributed by atoms with Gasteiger partial charge in [-0.2, -0.15) is 0 Å². The molecular weight excluding hydrogens is 304 g/mol. The fraction of sp³-hybridized carbons (Fsp3) is 0.267. The number of hydrogen-bond donors (Lipinski definition) is 2. The molecule has 4 heteroatoms. The molecule has 0 aliphatic carbocycles. The van der Waals surface area contributed by atoms with E-state index in [1.807, 2.05) is 18.2 Å². The summed E-state index contributed by atoms with van der Waals surface area (Å²) >= 11 is 3.45. The van der Waals surface area contributed by atoms with Crippen molar-refractivity contribution in [1.29, 1.82) is 0 Å². The van der Waals surface area contributed by atoms with Crippen molar-refractivity contribution in [3.63, 3.8) is 0 Å². The zero-order valence-electron chi connectivity index (χ0n) is 10.8. The van der Waals surface area contributed by atoms with Crippen LogP contribution < -0.4 is 5.32 Å².